The smallest absolute Gasteiger partial charge is 0.162 e. The van der Waals surface area contributed by atoms with Crippen LogP contribution in [0.5, 0.6) is 5.75 Å². The van der Waals surface area contributed by atoms with Gasteiger partial charge in [0.05, 0.1) is 24.7 Å². The fraction of sp³-hybridized carbons (Fsp3) is 0.250. The molecule has 0 amide bonds. The molecule has 140 valence electrons. The molecule has 1 heterocycles. The quantitative estimate of drug-likeness (QED) is 0.859. The molecule has 2 aromatic carbocycles. The standard InChI is InChI=1S/C24H22N2O2/c1-15-20(14-25)23(17-8-10-19(28-2)11-9-17)24-21(26-15)12-18(13-22(24)27)16-6-4-3-5-7-16/h3-11,18,23,26H,12-13H2,1-2H3/t18-,23-/m0/s1. The van der Waals surface area contributed by atoms with E-state index in [1.807, 2.05) is 49.4 Å². The molecule has 1 N–H and O–H groups in total. The summed E-state index contributed by atoms with van der Waals surface area (Å²) in [6, 6.07) is 20.1. The van der Waals surface area contributed by atoms with E-state index in [1.165, 1.54) is 5.56 Å². The number of carbonyl (C=O) groups excluding carboxylic acids is 1. The maximum atomic E-state index is 13.2. The van der Waals surface area contributed by atoms with E-state index in [4.69, 9.17) is 4.74 Å². The number of hydrogen-bond acceptors (Lipinski definition) is 4. The number of Topliss-reactive ketones (excluding diaryl/α,β-unsaturated/α-hetero) is 1. The van der Waals surface area contributed by atoms with Crippen LogP contribution in [0.15, 0.2) is 77.1 Å². The molecule has 0 unspecified atom stereocenters. The van der Waals surface area contributed by atoms with Crippen LogP contribution in [0.25, 0.3) is 0 Å². The van der Waals surface area contributed by atoms with Gasteiger partial charge in [0.1, 0.15) is 5.75 Å². The third-order valence-corrected chi connectivity index (χ3v) is 5.67. The van der Waals surface area contributed by atoms with Crippen LogP contribution in [0.2, 0.25) is 0 Å². The second kappa shape index (κ2) is 7.36. The van der Waals surface area contributed by atoms with Crippen LogP contribution >= 0.6 is 0 Å². The van der Waals surface area contributed by atoms with Gasteiger partial charge in [-0.25, -0.2) is 0 Å². The highest BCUT2D eigenvalue weighted by Gasteiger charge is 2.38. The first-order valence-electron chi connectivity index (χ1n) is 9.45. The molecule has 0 fully saturated rings. The highest BCUT2D eigenvalue weighted by atomic mass is 16.5. The molecule has 2 aromatic rings. The molecule has 1 aliphatic heterocycles. The van der Waals surface area contributed by atoms with E-state index in [9.17, 15) is 10.1 Å². The van der Waals surface area contributed by atoms with Gasteiger partial charge in [0.2, 0.25) is 0 Å². The van der Waals surface area contributed by atoms with Crippen molar-refractivity contribution in [3.05, 3.63) is 88.3 Å². The lowest BCUT2D eigenvalue weighted by Crippen LogP contribution is -2.33. The van der Waals surface area contributed by atoms with Gasteiger partial charge in [-0.15, -0.1) is 0 Å². The zero-order valence-electron chi connectivity index (χ0n) is 16.0. The molecule has 0 spiro atoms. The summed E-state index contributed by atoms with van der Waals surface area (Å²) in [5.74, 6) is 0.707. The van der Waals surface area contributed by atoms with Gasteiger partial charge in [0, 0.05) is 23.4 Å². The van der Waals surface area contributed by atoms with E-state index >= 15 is 0 Å². The van der Waals surface area contributed by atoms with Crippen molar-refractivity contribution in [1.82, 2.24) is 5.32 Å². The maximum Gasteiger partial charge on any atom is 0.162 e. The summed E-state index contributed by atoms with van der Waals surface area (Å²) < 4.78 is 5.25. The first-order chi connectivity index (χ1) is 13.6. The fourth-order valence-electron chi connectivity index (χ4n) is 4.28. The summed E-state index contributed by atoms with van der Waals surface area (Å²) in [5.41, 5.74) is 5.23. The van der Waals surface area contributed by atoms with Gasteiger partial charge in [-0.1, -0.05) is 42.5 Å². The number of ketones is 1. The summed E-state index contributed by atoms with van der Waals surface area (Å²) in [6.07, 6.45) is 1.24. The lowest BCUT2D eigenvalue weighted by atomic mass is 9.72. The van der Waals surface area contributed by atoms with Crippen LogP contribution in [0, 0.1) is 11.3 Å². The third kappa shape index (κ3) is 3.10. The van der Waals surface area contributed by atoms with Crippen molar-refractivity contribution in [2.24, 2.45) is 0 Å². The third-order valence-electron chi connectivity index (χ3n) is 5.67. The Morgan fingerprint density at radius 1 is 1.04 bits per heavy atom. The number of benzene rings is 2. The molecular formula is C24H22N2O2. The average Bonchev–Trinajstić information content (AvgIpc) is 2.73. The van der Waals surface area contributed by atoms with Gasteiger partial charge < -0.3 is 10.1 Å². The number of hydrogen-bond donors (Lipinski definition) is 1. The van der Waals surface area contributed by atoms with Gasteiger partial charge in [-0.2, -0.15) is 5.26 Å². The van der Waals surface area contributed by atoms with Crippen molar-refractivity contribution in [2.75, 3.05) is 7.11 Å². The predicted octanol–water partition coefficient (Wildman–Crippen LogP) is 4.58. The molecule has 0 saturated heterocycles. The lowest BCUT2D eigenvalue weighted by Gasteiger charge is -2.35. The van der Waals surface area contributed by atoms with E-state index < -0.39 is 0 Å². The van der Waals surface area contributed by atoms with Gasteiger partial charge in [0.25, 0.3) is 0 Å². The maximum absolute atomic E-state index is 13.2. The lowest BCUT2D eigenvalue weighted by molar-refractivity contribution is -0.116. The number of allylic oxidation sites excluding steroid dienone is 4. The number of ether oxygens (including phenoxy) is 1. The van der Waals surface area contributed by atoms with Gasteiger partial charge in [-0.05, 0) is 42.5 Å². The van der Waals surface area contributed by atoms with Crippen molar-refractivity contribution in [2.45, 2.75) is 31.6 Å². The molecule has 1 aliphatic carbocycles. The van der Waals surface area contributed by atoms with Crippen molar-refractivity contribution >= 4 is 5.78 Å². The number of nitriles is 1. The Bertz CT molecular complexity index is 1010. The second-order valence-corrected chi connectivity index (χ2v) is 7.31. The summed E-state index contributed by atoms with van der Waals surface area (Å²) >= 11 is 0. The number of carbonyl (C=O) groups is 1. The summed E-state index contributed by atoms with van der Waals surface area (Å²) in [4.78, 5) is 13.2. The van der Waals surface area contributed by atoms with Crippen molar-refractivity contribution in [3.8, 4) is 11.8 Å². The fourth-order valence-corrected chi connectivity index (χ4v) is 4.28. The molecule has 28 heavy (non-hydrogen) atoms. The Balaban J connectivity index is 1.77. The molecule has 4 heteroatoms. The molecule has 0 radical (unpaired) electrons. The normalized spacial score (nSPS) is 21.7. The zero-order chi connectivity index (χ0) is 19.7. The van der Waals surface area contributed by atoms with Crippen molar-refractivity contribution in [1.29, 1.82) is 5.26 Å². The number of methoxy groups -OCH3 is 1. The Hall–Kier alpha value is -3.32. The molecule has 2 aliphatic rings. The predicted molar refractivity (Wildman–Crippen MR) is 108 cm³/mol. The Morgan fingerprint density at radius 3 is 2.39 bits per heavy atom. The molecule has 0 aromatic heterocycles. The van der Waals surface area contributed by atoms with Crippen LogP contribution in [0.3, 0.4) is 0 Å². The van der Waals surface area contributed by atoms with E-state index in [1.54, 1.807) is 7.11 Å². The topological polar surface area (TPSA) is 62.1 Å². The molecule has 4 nitrogen and oxygen atoms in total. The number of rotatable bonds is 3. The Labute approximate surface area is 165 Å². The first kappa shape index (κ1) is 18.1. The van der Waals surface area contributed by atoms with Crippen LogP contribution in [0.4, 0.5) is 0 Å². The average molecular weight is 370 g/mol. The summed E-state index contributed by atoms with van der Waals surface area (Å²) in [6.45, 7) is 1.91. The Morgan fingerprint density at radius 2 is 1.75 bits per heavy atom. The van der Waals surface area contributed by atoms with Crippen LogP contribution in [-0.4, -0.2) is 12.9 Å². The van der Waals surface area contributed by atoms with E-state index in [-0.39, 0.29) is 17.6 Å². The van der Waals surface area contributed by atoms with Crippen LogP contribution < -0.4 is 10.1 Å². The van der Waals surface area contributed by atoms with E-state index in [0.717, 1.165) is 34.7 Å². The zero-order valence-corrected chi connectivity index (χ0v) is 16.0. The molecule has 2 atom stereocenters. The minimum absolute atomic E-state index is 0.115. The minimum Gasteiger partial charge on any atom is -0.497 e. The summed E-state index contributed by atoms with van der Waals surface area (Å²) in [5, 5.41) is 13.2. The molecule has 4 rings (SSSR count). The van der Waals surface area contributed by atoms with Crippen LogP contribution in [-0.2, 0) is 4.79 Å². The van der Waals surface area contributed by atoms with Crippen molar-refractivity contribution in [3.63, 3.8) is 0 Å². The number of nitrogens with zero attached hydrogens (tertiary/aromatic N) is 1. The van der Waals surface area contributed by atoms with Gasteiger partial charge in [-0.3, -0.25) is 4.79 Å². The monoisotopic (exact) mass is 370 g/mol. The van der Waals surface area contributed by atoms with Gasteiger partial charge >= 0.3 is 0 Å². The van der Waals surface area contributed by atoms with Gasteiger partial charge in [0.15, 0.2) is 5.78 Å². The van der Waals surface area contributed by atoms with Crippen molar-refractivity contribution < 1.29 is 9.53 Å². The molecule has 0 bridgehead atoms. The van der Waals surface area contributed by atoms with Crippen LogP contribution in [0.1, 0.15) is 42.7 Å². The first-order valence-corrected chi connectivity index (χ1v) is 9.45. The number of nitrogens with one attached hydrogen (secondary N) is 1. The second-order valence-electron chi connectivity index (χ2n) is 7.31. The molecule has 0 saturated carbocycles. The summed E-state index contributed by atoms with van der Waals surface area (Å²) in [7, 11) is 1.62. The largest absolute Gasteiger partial charge is 0.497 e. The van der Waals surface area contributed by atoms with E-state index in [2.05, 4.69) is 23.5 Å². The Kier molecular flexibility index (Phi) is 4.75. The SMILES string of the molecule is COc1ccc([C@H]2C(C#N)=C(C)NC3=C2C(=O)C[C@@H](c2ccccc2)C3)cc1. The highest BCUT2D eigenvalue weighted by molar-refractivity contribution is 6.00. The highest BCUT2D eigenvalue weighted by Crippen LogP contribution is 2.45. The molecular weight excluding hydrogens is 348 g/mol. The van der Waals surface area contributed by atoms with E-state index in [0.29, 0.717) is 12.0 Å². The number of dihydropyridines is 1. The minimum atomic E-state index is -0.323.